The van der Waals surface area contributed by atoms with E-state index in [9.17, 15) is 0 Å². The van der Waals surface area contributed by atoms with E-state index in [1.807, 2.05) is 0 Å². The lowest BCUT2D eigenvalue weighted by Gasteiger charge is -1.72. The van der Waals surface area contributed by atoms with Crippen LogP contribution >= 0.6 is 0 Å². The second-order valence-corrected chi connectivity index (χ2v) is 0.305. The normalized spacial score (nSPS) is 5.50. The van der Waals surface area contributed by atoms with E-state index in [1.54, 1.807) is 0 Å². The fourth-order valence-corrected chi connectivity index (χ4v) is 0. The second-order valence-electron chi connectivity index (χ2n) is 0.305. The second kappa shape index (κ2) is 4.93. The van der Waals surface area contributed by atoms with Crippen molar-refractivity contribution >= 4 is 23.1 Å². The van der Waals surface area contributed by atoms with Gasteiger partial charge in [-0.3, -0.25) is 0 Å². The van der Waals surface area contributed by atoms with E-state index in [2.05, 4.69) is 4.99 Å². The molecule has 0 aliphatic rings. The van der Waals surface area contributed by atoms with Crippen LogP contribution in [0, 0.1) is 10.1 Å². The summed E-state index contributed by atoms with van der Waals surface area (Å²) >= 11 is 0. The molecular formula is HMgNO4. The molecule has 0 unspecified atom stereocenters. The molecule has 32 valence electrons. The molecule has 0 atom stereocenters. The zero-order chi connectivity index (χ0) is 4.28. The van der Waals surface area contributed by atoms with Crippen molar-refractivity contribution in [3.05, 3.63) is 10.1 Å². The Hall–Kier alpha value is -0.0738. The average molecular weight is 103 g/mol. The summed E-state index contributed by atoms with van der Waals surface area (Å²) in [6, 6.07) is 0. The minimum atomic E-state index is -1.32. The van der Waals surface area contributed by atoms with E-state index in [4.69, 9.17) is 15.4 Å². The molecule has 0 rings (SSSR count). The molecule has 5 nitrogen and oxygen atoms in total. The van der Waals surface area contributed by atoms with Crippen LogP contribution in [0.1, 0.15) is 0 Å². The maximum Gasteiger partial charge on any atom is 0.322 e. The largest absolute Gasteiger partial charge is 0.322 e. The maximum atomic E-state index is 8.70. The van der Waals surface area contributed by atoms with E-state index in [0.717, 1.165) is 0 Å². The third kappa shape index (κ3) is 9.06. The Morgan fingerprint density at radius 1 is 1.83 bits per heavy atom. The summed E-state index contributed by atoms with van der Waals surface area (Å²) in [6.45, 7) is 0. The number of nitrogens with zero attached hydrogens (tertiary/aromatic N) is 1. The van der Waals surface area contributed by atoms with Crippen molar-refractivity contribution in [2.75, 3.05) is 0 Å². The topological polar surface area (TPSA) is 72.6 Å². The number of rotatable bonds is 1. The van der Waals surface area contributed by atoms with Gasteiger partial charge in [-0.15, -0.1) is 15.1 Å². The Bertz CT molecular complexity index is 42.8. The lowest BCUT2D eigenvalue weighted by molar-refractivity contribution is -0.846. The monoisotopic (exact) mass is 103 g/mol. The molecule has 0 heterocycles. The van der Waals surface area contributed by atoms with Gasteiger partial charge in [0.15, 0.2) is 0 Å². The first-order chi connectivity index (χ1) is 2.27. The first kappa shape index (κ1) is 9.33. The zero-order valence-corrected chi connectivity index (χ0v) is 4.24. The third-order valence-electron chi connectivity index (χ3n) is 0.0667. The Morgan fingerprint density at radius 3 is 2.00 bits per heavy atom. The Balaban J connectivity index is 0. The van der Waals surface area contributed by atoms with E-state index < -0.39 is 5.09 Å². The van der Waals surface area contributed by atoms with Gasteiger partial charge in [0.2, 0.25) is 0 Å². The van der Waals surface area contributed by atoms with Crippen LogP contribution in [0.4, 0.5) is 0 Å². The average Bonchev–Trinajstić information content (AvgIpc) is 1.38. The first-order valence-corrected chi connectivity index (χ1v) is 0.730. The van der Waals surface area contributed by atoms with Crippen LogP contribution in [0.5, 0.6) is 0 Å². The summed E-state index contributed by atoms with van der Waals surface area (Å²) in [6.07, 6.45) is 0. The maximum absolute atomic E-state index is 8.70. The third-order valence-corrected chi connectivity index (χ3v) is 0.0667. The van der Waals surface area contributed by atoms with Gasteiger partial charge in [0.25, 0.3) is 0 Å². The van der Waals surface area contributed by atoms with Crippen LogP contribution in [-0.2, 0) is 4.99 Å². The van der Waals surface area contributed by atoms with E-state index >= 15 is 0 Å². The smallest absolute Gasteiger partial charge is 0.214 e. The van der Waals surface area contributed by atoms with Gasteiger partial charge in [0, 0.05) is 23.1 Å². The summed E-state index contributed by atoms with van der Waals surface area (Å²) < 4.78 is 0. The highest BCUT2D eigenvalue weighted by Gasteiger charge is 1.80. The van der Waals surface area contributed by atoms with Crippen molar-refractivity contribution < 1.29 is 15.3 Å². The van der Waals surface area contributed by atoms with Crippen molar-refractivity contribution in [3.63, 3.8) is 0 Å². The van der Waals surface area contributed by atoms with Crippen molar-refractivity contribution in [3.8, 4) is 0 Å². The predicted octanol–water partition coefficient (Wildman–Crippen LogP) is -0.713. The molecule has 0 aromatic heterocycles. The molecule has 0 aliphatic carbocycles. The summed E-state index contributed by atoms with van der Waals surface area (Å²) in [4.78, 5) is 11.2. The molecule has 0 saturated carbocycles. The summed E-state index contributed by atoms with van der Waals surface area (Å²) in [5, 5.41) is 14.3. The number of hydrogen-bond acceptors (Lipinski definition) is 4. The van der Waals surface area contributed by atoms with Crippen LogP contribution in [-0.4, -0.2) is 33.4 Å². The number of hydrogen-bond donors (Lipinski definition) is 1. The highest BCUT2D eigenvalue weighted by Crippen LogP contribution is 1.56. The summed E-state index contributed by atoms with van der Waals surface area (Å²) in [5.41, 5.74) is 0. The molecule has 0 aromatic rings. The molecule has 0 bridgehead atoms. The molecule has 1 N–H and O–H groups in total. The predicted molar refractivity (Wildman–Crippen MR) is 16.5 cm³/mol. The quantitative estimate of drug-likeness (QED) is 0.206. The highest BCUT2D eigenvalue weighted by molar-refractivity contribution is 5.75. The van der Waals surface area contributed by atoms with Gasteiger partial charge >= 0.3 is 5.09 Å². The molecule has 6 heavy (non-hydrogen) atoms. The molecule has 6 heteroatoms. The molecule has 0 amide bonds. The van der Waals surface area contributed by atoms with Gasteiger partial charge in [-0.1, -0.05) is 0 Å². The van der Waals surface area contributed by atoms with Crippen molar-refractivity contribution in [2.45, 2.75) is 0 Å². The van der Waals surface area contributed by atoms with Gasteiger partial charge in [-0.25, -0.2) is 5.26 Å². The fraction of sp³-hybridized carbons (Fsp3) is 0. The Kier molecular flexibility index (Phi) is 7.66. The summed E-state index contributed by atoms with van der Waals surface area (Å²) in [7, 11) is 0. The van der Waals surface area contributed by atoms with Crippen molar-refractivity contribution in [1.29, 1.82) is 0 Å². The first-order valence-electron chi connectivity index (χ1n) is 0.730. The van der Waals surface area contributed by atoms with E-state index in [-0.39, 0.29) is 23.1 Å². The van der Waals surface area contributed by atoms with Crippen molar-refractivity contribution in [1.82, 2.24) is 0 Å². The minimum absolute atomic E-state index is 0. The van der Waals surface area contributed by atoms with Crippen LogP contribution in [0.15, 0.2) is 0 Å². The van der Waals surface area contributed by atoms with Gasteiger partial charge in [0.05, 0.1) is 0 Å². The standard InChI is InChI=1S/Mg.HNO4/c;2-1(3)5-4/h;4H. The summed E-state index contributed by atoms with van der Waals surface area (Å²) in [5.74, 6) is 0. The molecular weight excluding hydrogens is 102 g/mol. The molecule has 2 radical (unpaired) electrons. The van der Waals surface area contributed by atoms with Gasteiger partial charge in [-0.2, -0.15) is 0 Å². The molecule has 0 saturated heterocycles. The van der Waals surface area contributed by atoms with Gasteiger partial charge in [0.1, 0.15) is 0 Å². The van der Waals surface area contributed by atoms with Crippen LogP contribution in [0.25, 0.3) is 0 Å². The van der Waals surface area contributed by atoms with Crippen LogP contribution in [0.2, 0.25) is 0 Å². The molecule has 0 fully saturated rings. The molecule has 0 spiro atoms. The van der Waals surface area contributed by atoms with Crippen LogP contribution < -0.4 is 0 Å². The van der Waals surface area contributed by atoms with Crippen molar-refractivity contribution in [2.24, 2.45) is 0 Å². The fourth-order valence-electron chi connectivity index (χ4n) is 0. The Labute approximate surface area is 49.1 Å². The highest BCUT2D eigenvalue weighted by atomic mass is 24.3. The van der Waals surface area contributed by atoms with Crippen LogP contribution in [0.3, 0.4) is 0 Å². The zero-order valence-electron chi connectivity index (χ0n) is 2.83. The lowest BCUT2D eigenvalue weighted by Crippen LogP contribution is -1.92. The SMILES string of the molecule is O=[N+]([O-])OO.[Mg]. The Morgan fingerprint density at radius 2 is 2.00 bits per heavy atom. The van der Waals surface area contributed by atoms with Gasteiger partial charge in [-0.05, 0) is 0 Å². The molecule has 0 aliphatic heterocycles. The molecule has 0 aromatic carbocycles. The van der Waals surface area contributed by atoms with Gasteiger partial charge < -0.3 is 0 Å². The minimum Gasteiger partial charge on any atom is -0.214 e. The van der Waals surface area contributed by atoms with E-state index in [0.29, 0.717) is 0 Å². The lowest BCUT2D eigenvalue weighted by atomic mass is 13.1. The van der Waals surface area contributed by atoms with E-state index in [1.165, 1.54) is 0 Å².